The summed E-state index contributed by atoms with van der Waals surface area (Å²) in [5.74, 6) is -3.93. The maximum Gasteiger partial charge on any atom is 0.316 e. The van der Waals surface area contributed by atoms with Gasteiger partial charge in [-0.2, -0.15) is 0 Å². The van der Waals surface area contributed by atoms with Gasteiger partial charge in [-0.25, -0.2) is 0 Å². The van der Waals surface area contributed by atoms with Gasteiger partial charge in [0.05, 0.1) is 6.04 Å². The van der Waals surface area contributed by atoms with Crippen LogP contribution in [0.4, 0.5) is 0 Å². The highest BCUT2D eigenvalue weighted by Crippen LogP contribution is 2.24. The summed E-state index contributed by atoms with van der Waals surface area (Å²) in [6.45, 7) is 0. The Morgan fingerprint density at radius 2 is 1.62 bits per heavy atom. The van der Waals surface area contributed by atoms with Crippen LogP contribution in [0.5, 0.6) is 0 Å². The number of carboxylic acid groups (broad SMARTS) is 1. The van der Waals surface area contributed by atoms with Crippen LogP contribution in [0.3, 0.4) is 0 Å². The van der Waals surface area contributed by atoms with Crippen molar-refractivity contribution in [3.05, 3.63) is 35.4 Å². The summed E-state index contributed by atoms with van der Waals surface area (Å²) in [5, 5.41) is 8.87. The van der Waals surface area contributed by atoms with Crippen LogP contribution in [0.15, 0.2) is 24.3 Å². The molecule has 82 valence electrons. The van der Waals surface area contributed by atoms with Gasteiger partial charge in [-0.3, -0.25) is 14.4 Å². The first-order valence-corrected chi connectivity index (χ1v) is 4.70. The monoisotopic (exact) mass is 219 g/mol. The minimum absolute atomic E-state index is 0.140. The number of rotatable bonds is 1. The number of Topliss-reactive ketones (excluding diaryl/α,β-unsaturated/α-hetero) is 2. The molecule has 0 aliphatic heterocycles. The van der Waals surface area contributed by atoms with E-state index in [-0.39, 0.29) is 11.1 Å². The molecule has 0 bridgehead atoms. The number of carboxylic acids is 1. The van der Waals surface area contributed by atoms with Crippen molar-refractivity contribution in [3.63, 3.8) is 0 Å². The third-order valence-corrected chi connectivity index (χ3v) is 2.67. The molecule has 2 unspecified atom stereocenters. The van der Waals surface area contributed by atoms with Crippen molar-refractivity contribution >= 4 is 17.5 Å². The van der Waals surface area contributed by atoms with Crippen molar-refractivity contribution in [2.75, 3.05) is 0 Å². The van der Waals surface area contributed by atoms with Gasteiger partial charge in [0.1, 0.15) is 5.92 Å². The number of ketones is 2. The number of hydrogen-bond acceptors (Lipinski definition) is 4. The molecular weight excluding hydrogens is 210 g/mol. The van der Waals surface area contributed by atoms with Gasteiger partial charge in [0.25, 0.3) is 0 Å². The fourth-order valence-corrected chi connectivity index (χ4v) is 1.84. The molecular formula is C11H9NO4. The van der Waals surface area contributed by atoms with E-state index in [1.54, 1.807) is 12.1 Å². The molecule has 0 heterocycles. The maximum atomic E-state index is 11.8. The van der Waals surface area contributed by atoms with Crippen molar-refractivity contribution in [2.24, 2.45) is 11.7 Å². The Balaban J connectivity index is 2.61. The van der Waals surface area contributed by atoms with Crippen LogP contribution in [-0.2, 0) is 4.79 Å². The Hall–Kier alpha value is -2.01. The Morgan fingerprint density at radius 3 is 2.12 bits per heavy atom. The molecule has 1 aromatic rings. The van der Waals surface area contributed by atoms with Gasteiger partial charge >= 0.3 is 5.97 Å². The fourth-order valence-electron chi connectivity index (χ4n) is 1.84. The standard InChI is InChI=1S/C11H9NO4/c12-8-7(11(15)16)9(13)5-3-1-2-4-6(5)10(8)14/h1-4,7-8H,12H2,(H,15,16). The van der Waals surface area contributed by atoms with Gasteiger partial charge < -0.3 is 10.8 Å². The third kappa shape index (κ3) is 1.33. The first-order valence-electron chi connectivity index (χ1n) is 4.70. The van der Waals surface area contributed by atoms with Crippen molar-refractivity contribution in [2.45, 2.75) is 6.04 Å². The summed E-state index contributed by atoms with van der Waals surface area (Å²) in [7, 11) is 0. The minimum Gasteiger partial charge on any atom is -0.481 e. The van der Waals surface area contributed by atoms with Crippen LogP contribution in [0.1, 0.15) is 20.7 Å². The normalized spacial score (nSPS) is 24.1. The van der Waals surface area contributed by atoms with E-state index in [4.69, 9.17) is 10.8 Å². The maximum absolute atomic E-state index is 11.8. The first kappa shape index (κ1) is 10.5. The van der Waals surface area contributed by atoms with Crippen LogP contribution >= 0.6 is 0 Å². The molecule has 0 radical (unpaired) electrons. The lowest BCUT2D eigenvalue weighted by molar-refractivity contribution is -0.140. The lowest BCUT2D eigenvalue weighted by Crippen LogP contribution is -2.50. The van der Waals surface area contributed by atoms with E-state index in [0.29, 0.717) is 0 Å². The molecule has 2 rings (SSSR count). The van der Waals surface area contributed by atoms with E-state index in [0.717, 1.165) is 0 Å². The van der Waals surface area contributed by atoms with Crippen molar-refractivity contribution in [3.8, 4) is 0 Å². The lowest BCUT2D eigenvalue weighted by Gasteiger charge is -2.24. The number of fused-ring (bicyclic) bond motifs is 1. The number of aliphatic carboxylic acids is 1. The van der Waals surface area contributed by atoms with Crippen LogP contribution in [0.25, 0.3) is 0 Å². The number of hydrogen-bond donors (Lipinski definition) is 2. The highest BCUT2D eigenvalue weighted by atomic mass is 16.4. The van der Waals surface area contributed by atoms with Crippen LogP contribution < -0.4 is 5.73 Å². The number of benzene rings is 1. The average molecular weight is 219 g/mol. The molecule has 1 aromatic carbocycles. The largest absolute Gasteiger partial charge is 0.481 e. The third-order valence-electron chi connectivity index (χ3n) is 2.67. The molecule has 0 aromatic heterocycles. The predicted octanol–water partition coefficient (Wildman–Crippen LogP) is 0.0937. The molecule has 1 aliphatic carbocycles. The molecule has 3 N–H and O–H groups in total. The van der Waals surface area contributed by atoms with Crippen LogP contribution in [0, 0.1) is 5.92 Å². The van der Waals surface area contributed by atoms with Crippen molar-refractivity contribution in [1.29, 1.82) is 0 Å². The second kappa shape index (κ2) is 3.53. The number of nitrogens with two attached hydrogens (primary N) is 1. The molecule has 0 spiro atoms. The van der Waals surface area contributed by atoms with E-state index in [1.807, 2.05) is 0 Å². The summed E-state index contributed by atoms with van der Waals surface area (Å²) in [6, 6.07) is 4.82. The lowest BCUT2D eigenvalue weighted by atomic mass is 9.78. The van der Waals surface area contributed by atoms with E-state index in [2.05, 4.69) is 0 Å². The molecule has 0 fully saturated rings. The predicted molar refractivity (Wildman–Crippen MR) is 54.2 cm³/mol. The topological polar surface area (TPSA) is 97.5 Å². The highest BCUT2D eigenvalue weighted by molar-refractivity contribution is 6.22. The van der Waals surface area contributed by atoms with Gasteiger partial charge in [0.15, 0.2) is 11.6 Å². The Kier molecular flexibility index (Phi) is 2.32. The molecule has 5 nitrogen and oxygen atoms in total. The summed E-state index contributed by atoms with van der Waals surface area (Å²) < 4.78 is 0. The number of carbonyl (C=O) groups excluding carboxylic acids is 2. The van der Waals surface area contributed by atoms with Gasteiger partial charge in [-0.05, 0) is 0 Å². The molecule has 2 atom stereocenters. The minimum atomic E-state index is -1.47. The molecule has 0 saturated heterocycles. The highest BCUT2D eigenvalue weighted by Gasteiger charge is 2.43. The van der Waals surface area contributed by atoms with Crippen molar-refractivity contribution < 1.29 is 19.5 Å². The quantitative estimate of drug-likeness (QED) is 0.652. The molecule has 1 aliphatic rings. The van der Waals surface area contributed by atoms with E-state index >= 15 is 0 Å². The smallest absolute Gasteiger partial charge is 0.316 e. The average Bonchev–Trinajstić information content (AvgIpc) is 2.26. The van der Waals surface area contributed by atoms with Crippen LogP contribution in [0.2, 0.25) is 0 Å². The summed E-state index contributed by atoms with van der Waals surface area (Å²) in [5.41, 5.74) is 5.82. The molecule has 16 heavy (non-hydrogen) atoms. The summed E-state index contributed by atoms with van der Waals surface area (Å²) in [4.78, 5) is 34.4. The molecule has 0 saturated carbocycles. The van der Waals surface area contributed by atoms with Gasteiger partial charge in [0, 0.05) is 11.1 Å². The van der Waals surface area contributed by atoms with Crippen LogP contribution in [-0.4, -0.2) is 28.7 Å². The zero-order chi connectivity index (χ0) is 11.9. The SMILES string of the molecule is NC1C(=O)c2ccccc2C(=O)C1C(=O)O. The fraction of sp³-hybridized carbons (Fsp3) is 0.182. The zero-order valence-corrected chi connectivity index (χ0v) is 8.21. The van der Waals surface area contributed by atoms with Crippen molar-refractivity contribution in [1.82, 2.24) is 0 Å². The second-order valence-electron chi connectivity index (χ2n) is 3.62. The Labute approximate surface area is 90.9 Å². The molecule has 5 heteroatoms. The van der Waals surface area contributed by atoms with Gasteiger partial charge in [0.2, 0.25) is 0 Å². The second-order valence-corrected chi connectivity index (χ2v) is 3.62. The van der Waals surface area contributed by atoms with Gasteiger partial charge in [-0.1, -0.05) is 24.3 Å². The zero-order valence-electron chi connectivity index (χ0n) is 8.21. The Morgan fingerprint density at radius 1 is 1.12 bits per heavy atom. The number of carbonyl (C=O) groups is 3. The van der Waals surface area contributed by atoms with E-state index < -0.39 is 29.5 Å². The molecule has 0 amide bonds. The van der Waals surface area contributed by atoms with Gasteiger partial charge in [-0.15, -0.1) is 0 Å². The van der Waals surface area contributed by atoms with E-state index in [9.17, 15) is 14.4 Å². The Bertz CT molecular complexity index is 495. The summed E-state index contributed by atoms with van der Waals surface area (Å²) >= 11 is 0. The first-order chi connectivity index (χ1) is 7.54. The van der Waals surface area contributed by atoms with E-state index in [1.165, 1.54) is 12.1 Å². The summed E-state index contributed by atoms with van der Waals surface area (Å²) in [6.07, 6.45) is 0.